The molecule has 5 nitrogen and oxygen atoms in total. The predicted octanol–water partition coefficient (Wildman–Crippen LogP) is 3.27. The zero-order chi connectivity index (χ0) is 18.1. The quantitative estimate of drug-likeness (QED) is 0.885. The molecule has 2 rings (SSSR count). The highest BCUT2D eigenvalue weighted by molar-refractivity contribution is 7.89. The molecule has 0 saturated heterocycles. The molecule has 0 aliphatic heterocycles. The number of carbonyl (C=O) groups is 1. The van der Waals surface area contributed by atoms with E-state index >= 15 is 0 Å². The van der Waals surface area contributed by atoms with Crippen LogP contribution in [-0.2, 0) is 10.0 Å². The average Bonchev–Trinajstić information content (AvgIpc) is 2.45. The Kier molecular flexibility index (Phi) is 4.77. The molecule has 128 valence electrons. The Hall–Kier alpha value is -2.25. The molecule has 7 heteroatoms. The molecule has 0 aromatic heterocycles. The SMILES string of the molecule is CC(C)(C)NS(=O)(=O)c1cccc(-c2ccc(F)c(C(=O)O)c2)c1. The summed E-state index contributed by atoms with van der Waals surface area (Å²) in [5.74, 6) is -2.23. The average molecular weight is 351 g/mol. The molecule has 0 spiro atoms. The van der Waals surface area contributed by atoms with E-state index in [1.165, 1.54) is 24.3 Å². The van der Waals surface area contributed by atoms with Gasteiger partial charge in [0.1, 0.15) is 5.82 Å². The van der Waals surface area contributed by atoms with Crippen molar-refractivity contribution in [3.63, 3.8) is 0 Å². The smallest absolute Gasteiger partial charge is 0.338 e. The van der Waals surface area contributed by atoms with E-state index in [9.17, 15) is 17.6 Å². The number of carboxylic acids is 1. The molecule has 0 atom stereocenters. The lowest BCUT2D eigenvalue weighted by Gasteiger charge is -2.20. The van der Waals surface area contributed by atoms with Gasteiger partial charge in [-0.2, -0.15) is 0 Å². The second-order valence-electron chi connectivity index (χ2n) is 6.38. The van der Waals surface area contributed by atoms with Crippen LogP contribution in [0.3, 0.4) is 0 Å². The van der Waals surface area contributed by atoms with Crippen LogP contribution in [0.4, 0.5) is 4.39 Å². The summed E-state index contributed by atoms with van der Waals surface area (Å²) in [4.78, 5) is 11.1. The first-order valence-electron chi connectivity index (χ1n) is 7.17. The Balaban J connectivity index is 2.49. The largest absolute Gasteiger partial charge is 0.478 e. The van der Waals surface area contributed by atoms with Crippen LogP contribution in [0.15, 0.2) is 47.4 Å². The number of sulfonamides is 1. The summed E-state index contributed by atoms with van der Waals surface area (Å²) in [5, 5.41) is 9.00. The maximum Gasteiger partial charge on any atom is 0.338 e. The Morgan fingerprint density at radius 2 is 1.71 bits per heavy atom. The van der Waals surface area contributed by atoms with Crippen molar-refractivity contribution in [2.24, 2.45) is 0 Å². The third kappa shape index (κ3) is 4.18. The van der Waals surface area contributed by atoms with Gasteiger partial charge in [0.15, 0.2) is 0 Å². The van der Waals surface area contributed by atoms with Crippen molar-refractivity contribution in [1.82, 2.24) is 4.72 Å². The minimum absolute atomic E-state index is 0.0520. The molecule has 2 aromatic carbocycles. The Bertz CT molecular complexity index is 886. The van der Waals surface area contributed by atoms with E-state index < -0.39 is 32.9 Å². The second-order valence-corrected chi connectivity index (χ2v) is 8.07. The van der Waals surface area contributed by atoms with Crippen molar-refractivity contribution in [2.75, 3.05) is 0 Å². The molecule has 2 N–H and O–H groups in total. The molecule has 0 aliphatic rings. The minimum Gasteiger partial charge on any atom is -0.478 e. The van der Waals surface area contributed by atoms with Crippen molar-refractivity contribution < 1.29 is 22.7 Å². The zero-order valence-corrected chi connectivity index (χ0v) is 14.3. The molecule has 0 saturated carbocycles. The van der Waals surface area contributed by atoms with Gasteiger partial charge in [-0.3, -0.25) is 0 Å². The number of hydrogen-bond acceptors (Lipinski definition) is 3. The highest BCUT2D eigenvalue weighted by Gasteiger charge is 2.22. The van der Waals surface area contributed by atoms with Gasteiger partial charge in [0, 0.05) is 5.54 Å². The van der Waals surface area contributed by atoms with Gasteiger partial charge < -0.3 is 5.11 Å². The summed E-state index contributed by atoms with van der Waals surface area (Å²) in [6.45, 7) is 5.19. The highest BCUT2D eigenvalue weighted by Crippen LogP contribution is 2.25. The molecule has 0 amide bonds. The maximum atomic E-state index is 13.5. The standard InChI is InChI=1S/C17H18FNO4S/c1-17(2,3)19-24(22,23)13-6-4-5-11(9-13)12-7-8-15(18)14(10-12)16(20)21/h4-10,19H,1-3H3,(H,20,21). The fourth-order valence-electron chi connectivity index (χ4n) is 2.17. The summed E-state index contributed by atoms with van der Waals surface area (Å²) in [5.41, 5.74) is -0.203. The van der Waals surface area contributed by atoms with Gasteiger partial charge >= 0.3 is 5.97 Å². The third-order valence-corrected chi connectivity index (χ3v) is 4.87. The zero-order valence-electron chi connectivity index (χ0n) is 13.5. The van der Waals surface area contributed by atoms with Gasteiger partial charge in [-0.1, -0.05) is 18.2 Å². The van der Waals surface area contributed by atoms with E-state index in [-0.39, 0.29) is 4.90 Å². The first kappa shape index (κ1) is 18.1. The van der Waals surface area contributed by atoms with Gasteiger partial charge in [-0.05, 0) is 56.2 Å². The Morgan fingerprint density at radius 1 is 1.08 bits per heavy atom. The van der Waals surface area contributed by atoms with Crippen molar-refractivity contribution in [2.45, 2.75) is 31.2 Å². The molecule has 24 heavy (non-hydrogen) atoms. The van der Waals surface area contributed by atoms with Gasteiger partial charge in [-0.25, -0.2) is 22.3 Å². The van der Waals surface area contributed by atoms with Crippen LogP contribution in [0.2, 0.25) is 0 Å². The normalized spacial score (nSPS) is 12.2. The van der Waals surface area contributed by atoms with Crippen LogP contribution in [0.1, 0.15) is 31.1 Å². The lowest BCUT2D eigenvalue weighted by Crippen LogP contribution is -2.40. The Morgan fingerprint density at radius 3 is 2.29 bits per heavy atom. The fourth-order valence-corrected chi connectivity index (χ4v) is 3.64. The van der Waals surface area contributed by atoms with E-state index in [1.54, 1.807) is 32.9 Å². The van der Waals surface area contributed by atoms with Crippen molar-refractivity contribution in [3.8, 4) is 11.1 Å². The monoisotopic (exact) mass is 351 g/mol. The molecule has 0 unspecified atom stereocenters. The first-order valence-corrected chi connectivity index (χ1v) is 8.65. The number of rotatable bonds is 4. The molecule has 0 aliphatic carbocycles. The van der Waals surface area contributed by atoms with E-state index in [2.05, 4.69) is 4.72 Å². The topological polar surface area (TPSA) is 83.5 Å². The predicted molar refractivity (Wildman–Crippen MR) is 88.9 cm³/mol. The maximum absolute atomic E-state index is 13.5. The number of nitrogens with one attached hydrogen (secondary N) is 1. The lowest BCUT2D eigenvalue weighted by atomic mass is 10.0. The van der Waals surface area contributed by atoms with E-state index in [0.29, 0.717) is 11.1 Å². The van der Waals surface area contributed by atoms with Gasteiger partial charge in [0.2, 0.25) is 10.0 Å². The third-order valence-electron chi connectivity index (χ3n) is 3.11. The van der Waals surface area contributed by atoms with E-state index in [1.807, 2.05) is 0 Å². The second kappa shape index (κ2) is 6.33. The number of aromatic carboxylic acids is 1. The highest BCUT2D eigenvalue weighted by atomic mass is 32.2. The van der Waals surface area contributed by atoms with Crippen molar-refractivity contribution >= 4 is 16.0 Å². The van der Waals surface area contributed by atoms with Crippen LogP contribution in [0.5, 0.6) is 0 Å². The Labute approximate surface area is 140 Å². The molecular formula is C17H18FNO4S. The van der Waals surface area contributed by atoms with Crippen molar-refractivity contribution in [1.29, 1.82) is 0 Å². The summed E-state index contributed by atoms with van der Waals surface area (Å²) in [7, 11) is -3.72. The van der Waals surface area contributed by atoms with Crippen LogP contribution >= 0.6 is 0 Å². The number of halogens is 1. The van der Waals surface area contributed by atoms with E-state index in [4.69, 9.17) is 5.11 Å². The molecule has 0 heterocycles. The minimum atomic E-state index is -3.72. The van der Waals surface area contributed by atoms with Gasteiger partial charge in [0.25, 0.3) is 0 Å². The van der Waals surface area contributed by atoms with Crippen molar-refractivity contribution in [3.05, 3.63) is 53.8 Å². The summed E-state index contributed by atoms with van der Waals surface area (Å²) >= 11 is 0. The first-order chi connectivity index (χ1) is 11.0. The van der Waals surface area contributed by atoms with Gasteiger partial charge in [0.05, 0.1) is 10.5 Å². The van der Waals surface area contributed by atoms with Gasteiger partial charge in [-0.15, -0.1) is 0 Å². The summed E-state index contributed by atoms with van der Waals surface area (Å²) in [6.07, 6.45) is 0. The van der Waals surface area contributed by atoms with Crippen LogP contribution < -0.4 is 4.72 Å². The summed E-state index contributed by atoms with van der Waals surface area (Å²) < 4.78 is 40.8. The number of hydrogen-bond donors (Lipinski definition) is 2. The number of carboxylic acid groups (broad SMARTS) is 1. The summed E-state index contributed by atoms with van der Waals surface area (Å²) in [6, 6.07) is 9.69. The molecular weight excluding hydrogens is 333 g/mol. The molecule has 0 radical (unpaired) electrons. The van der Waals surface area contributed by atoms with Crippen LogP contribution in [-0.4, -0.2) is 25.0 Å². The molecule has 2 aromatic rings. The molecule has 0 bridgehead atoms. The van der Waals surface area contributed by atoms with E-state index in [0.717, 1.165) is 6.07 Å². The van der Waals surface area contributed by atoms with Crippen LogP contribution in [0, 0.1) is 5.82 Å². The molecule has 0 fully saturated rings. The lowest BCUT2D eigenvalue weighted by molar-refractivity contribution is 0.0692. The van der Waals surface area contributed by atoms with Crippen LogP contribution in [0.25, 0.3) is 11.1 Å². The fraction of sp³-hybridized carbons (Fsp3) is 0.235. The number of benzene rings is 2.